The summed E-state index contributed by atoms with van der Waals surface area (Å²) in [6, 6.07) is 15.2. The number of nitrogens with one attached hydrogen (secondary N) is 3. The third-order valence-electron chi connectivity index (χ3n) is 6.46. The first-order valence-electron chi connectivity index (χ1n) is 12.4. The molecule has 0 unspecified atom stereocenters. The van der Waals surface area contributed by atoms with Crippen LogP contribution in [-0.2, 0) is 4.79 Å². The third-order valence-corrected chi connectivity index (χ3v) is 8.17. The van der Waals surface area contributed by atoms with E-state index in [2.05, 4.69) is 21.9 Å². The number of H-pyrrole nitrogens is 1. The topological polar surface area (TPSA) is 86.9 Å². The zero-order valence-corrected chi connectivity index (χ0v) is 21.9. The standard InChI is InChI=1S/C27H34N4O2S2/c1-34-16-15-23(26-29-21-12-6-7-13-22(21)30-26)31-27(33)20-11-5-8-14-24(20)35-18-25(32)28-17-19-9-3-2-4-10-19/h5-8,11-14,19,23H,2-4,9-10,15-18H2,1H3,(H,28,32)(H,29,30)(H,31,33)/t23-/m0/s1. The van der Waals surface area contributed by atoms with Gasteiger partial charge in [0.15, 0.2) is 0 Å². The summed E-state index contributed by atoms with van der Waals surface area (Å²) in [7, 11) is 0. The van der Waals surface area contributed by atoms with Crippen molar-refractivity contribution in [2.45, 2.75) is 49.5 Å². The third kappa shape index (κ3) is 7.27. The molecule has 0 saturated heterocycles. The van der Waals surface area contributed by atoms with Gasteiger partial charge in [-0.05, 0) is 61.5 Å². The largest absolute Gasteiger partial charge is 0.355 e. The minimum absolute atomic E-state index is 0.0240. The van der Waals surface area contributed by atoms with Gasteiger partial charge in [0, 0.05) is 11.4 Å². The van der Waals surface area contributed by atoms with Crippen molar-refractivity contribution in [2.24, 2.45) is 5.92 Å². The Labute approximate surface area is 215 Å². The van der Waals surface area contributed by atoms with Crippen LogP contribution < -0.4 is 10.6 Å². The van der Waals surface area contributed by atoms with E-state index >= 15 is 0 Å². The molecule has 6 nitrogen and oxygen atoms in total. The Morgan fingerprint density at radius 1 is 1.09 bits per heavy atom. The van der Waals surface area contributed by atoms with E-state index in [1.54, 1.807) is 11.8 Å². The molecule has 1 fully saturated rings. The number of aromatic amines is 1. The summed E-state index contributed by atoms with van der Waals surface area (Å²) in [6.07, 6.45) is 9.09. The number of aromatic nitrogens is 2. The summed E-state index contributed by atoms with van der Waals surface area (Å²) in [4.78, 5) is 34.7. The van der Waals surface area contributed by atoms with Crippen LogP contribution in [0.3, 0.4) is 0 Å². The first kappa shape index (κ1) is 25.6. The second-order valence-corrected chi connectivity index (χ2v) is 11.0. The second kappa shape index (κ2) is 13.0. The van der Waals surface area contributed by atoms with Gasteiger partial charge in [-0.1, -0.05) is 43.5 Å². The van der Waals surface area contributed by atoms with Gasteiger partial charge in [-0.2, -0.15) is 11.8 Å². The van der Waals surface area contributed by atoms with E-state index in [0.29, 0.717) is 17.2 Å². The highest BCUT2D eigenvalue weighted by atomic mass is 32.2. The smallest absolute Gasteiger partial charge is 0.253 e. The van der Waals surface area contributed by atoms with Crippen LogP contribution in [0.15, 0.2) is 53.4 Å². The van der Waals surface area contributed by atoms with Gasteiger partial charge in [0.2, 0.25) is 5.91 Å². The molecule has 1 aromatic heterocycles. The number of hydrogen-bond donors (Lipinski definition) is 3. The van der Waals surface area contributed by atoms with E-state index in [9.17, 15) is 9.59 Å². The quantitative estimate of drug-likeness (QED) is 0.293. The number of nitrogens with zero attached hydrogens (tertiary/aromatic N) is 1. The van der Waals surface area contributed by atoms with E-state index in [1.807, 2.05) is 48.5 Å². The molecule has 3 aromatic rings. The van der Waals surface area contributed by atoms with E-state index in [0.717, 1.165) is 40.5 Å². The Kier molecular flexibility index (Phi) is 9.54. The summed E-state index contributed by atoms with van der Waals surface area (Å²) >= 11 is 3.16. The molecule has 3 N–H and O–H groups in total. The fourth-order valence-corrected chi connectivity index (χ4v) is 5.86. The number of amides is 2. The molecule has 1 aliphatic rings. The first-order chi connectivity index (χ1) is 17.1. The van der Waals surface area contributed by atoms with Crippen molar-refractivity contribution in [1.82, 2.24) is 20.6 Å². The van der Waals surface area contributed by atoms with Crippen LogP contribution in [0.5, 0.6) is 0 Å². The minimum Gasteiger partial charge on any atom is -0.355 e. The van der Waals surface area contributed by atoms with Crippen molar-refractivity contribution >= 4 is 46.4 Å². The fourth-order valence-electron chi connectivity index (χ4n) is 4.51. The maximum absolute atomic E-state index is 13.3. The highest BCUT2D eigenvalue weighted by Crippen LogP contribution is 2.26. The predicted octanol–water partition coefficient (Wildman–Crippen LogP) is 5.58. The lowest BCUT2D eigenvalue weighted by Gasteiger charge is -2.21. The van der Waals surface area contributed by atoms with E-state index in [1.165, 1.54) is 43.9 Å². The minimum atomic E-state index is -0.223. The van der Waals surface area contributed by atoms with Gasteiger partial charge in [-0.15, -0.1) is 11.8 Å². The number of thioether (sulfide) groups is 2. The summed E-state index contributed by atoms with van der Waals surface area (Å²) in [5.74, 6) is 2.45. The number of fused-ring (bicyclic) bond motifs is 1. The van der Waals surface area contributed by atoms with E-state index < -0.39 is 0 Å². The van der Waals surface area contributed by atoms with Crippen LogP contribution >= 0.6 is 23.5 Å². The van der Waals surface area contributed by atoms with Gasteiger partial charge in [0.1, 0.15) is 5.82 Å². The van der Waals surface area contributed by atoms with Gasteiger partial charge in [-0.25, -0.2) is 4.98 Å². The van der Waals surface area contributed by atoms with Crippen LogP contribution in [0.1, 0.15) is 60.7 Å². The molecule has 35 heavy (non-hydrogen) atoms. The van der Waals surface area contributed by atoms with Crippen molar-refractivity contribution in [3.8, 4) is 0 Å². The molecule has 1 saturated carbocycles. The highest BCUT2D eigenvalue weighted by Gasteiger charge is 2.21. The summed E-state index contributed by atoms with van der Waals surface area (Å²) in [6.45, 7) is 0.760. The van der Waals surface area contributed by atoms with Gasteiger partial charge in [-0.3, -0.25) is 9.59 Å². The van der Waals surface area contributed by atoms with Crippen LogP contribution in [0, 0.1) is 5.92 Å². The number of rotatable bonds is 11. The number of imidazole rings is 1. The van der Waals surface area contributed by atoms with Crippen molar-refractivity contribution in [3.63, 3.8) is 0 Å². The van der Waals surface area contributed by atoms with Crippen molar-refractivity contribution in [1.29, 1.82) is 0 Å². The molecule has 2 aromatic carbocycles. The molecule has 186 valence electrons. The summed E-state index contributed by atoms with van der Waals surface area (Å²) in [5, 5.41) is 6.27. The average Bonchev–Trinajstić information content (AvgIpc) is 3.33. The Morgan fingerprint density at radius 3 is 2.66 bits per heavy atom. The van der Waals surface area contributed by atoms with E-state index in [-0.39, 0.29) is 17.9 Å². The molecule has 4 rings (SSSR count). The lowest BCUT2D eigenvalue weighted by atomic mass is 9.89. The van der Waals surface area contributed by atoms with Crippen LogP contribution in [0.2, 0.25) is 0 Å². The molecule has 0 bridgehead atoms. The SMILES string of the molecule is CSCC[C@H](NC(=O)c1ccccc1SCC(=O)NCC1CCCCC1)c1nc2ccccc2[nH]1. The second-order valence-electron chi connectivity index (χ2n) is 9.04. The molecule has 1 aliphatic carbocycles. The number of carbonyl (C=O) groups excluding carboxylic acids is 2. The van der Waals surface area contributed by atoms with Crippen molar-refractivity contribution in [2.75, 3.05) is 24.3 Å². The van der Waals surface area contributed by atoms with Gasteiger partial charge in [0.25, 0.3) is 5.91 Å². The van der Waals surface area contributed by atoms with Crippen LogP contribution in [-0.4, -0.2) is 46.1 Å². The monoisotopic (exact) mass is 510 g/mol. The lowest BCUT2D eigenvalue weighted by Crippen LogP contribution is -2.32. The first-order valence-corrected chi connectivity index (χ1v) is 14.7. The Balaban J connectivity index is 1.39. The van der Waals surface area contributed by atoms with E-state index in [4.69, 9.17) is 4.98 Å². The number of hydrogen-bond acceptors (Lipinski definition) is 5. The van der Waals surface area contributed by atoms with Crippen LogP contribution in [0.4, 0.5) is 0 Å². The Hall–Kier alpha value is -2.45. The highest BCUT2D eigenvalue weighted by molar-refractivity contribution is 8.00. The molecule has 8 heteroatoms. The molecule has 0 aliphatic heterocycles. The maximum atomic E-state index is 13.3. The van der Waals surface area contributed by atoms with Crippen molar-refractivity contribution in [3.05, 3.63) is 59.9 Å². The van der Waals surface area contributed by atoms with Crippen molar-refractivity contribution < 1.29 is 9.59 Å². The molecular formula is C27H34N4O2S2. The lowest BCUT2D eigenvalue weighted by molar-refractivity contribution is -0.118. The predicted molar refractivity (Wildman–Crippen MR) is 146 cm³/mol. The summed E-state index contributed by atoms with van der Waals surface area (Å²) in [5.41, 5.74) is 2.44. The normalized spacial score (nSPS) is 15.1. The maximum Gasteiger partial charge on any atom is 0.253 e. The fraction of sp³-hybridized carbons (Fsp3) is 0.444. The number of para-hydroxylation sites is 2. The molecule has 1 heterocycles. The molecule has 0 radical (unpaired) electrons. The van der Waals surface area contributed by atoms with Gasteiger partial charge >= 0.3 is 0 Å². The molecule has 1 atom stereocenters. The summed E-state index contributed by atoms with van der Waals surface area (Å²) < 4.78 is 0. The zero-order valence-electron chi connectivity index (χ0n) is 20.2. The average molecular weight is 511 g/mol. The number of benzene rings is 2. The number of carbonyl (C=O) groups is 2. The Bertz CT molecular complexity index is 1090. The van der Waals surface area contributed by atoms with Gasteiger partial charge in [0.05, 0.1) is 28.4 Å². The zero-order chi connectivity index (χ0) is 24.5. The van der Waals surface area contributed by atoms with Crippen LogP contribution in [0.25, 0.3) is 11.0 Å². The van der Waals surface area contributed by atoms with Gasteiger partial charge < -0.3 is 15.6 Å². The molecule has 2 amide bonds. The molecular weight excluding hydrogens is 476 g/mol. The Morgan fingerprint density at radius 2 is 1.86 bits per heavy atom. The molecule has 0 spiro atoms.